The number of hydrogen-bond acceptors (Lipinski definition) is 9. The van der Waals surface area contributed by atoms with Crippen LogP contribution in [0, 0.1) is 0 Å². The van der Waals surface area contributed by atoms with E-state index in [-0.39, 0.29) is 37.3 Å². The van der Waals surface area contributed by atoms with Crippen LogP contribution in [0.1, 0.15) is 48.9 Å². The lowest BCUT2D eigenvalue weighted by atomic mass is 10.1. The van der Waals surface area contributed by atoms with Crippen LogP contribution in [-0.2, 0) is 19.2 Å². The van der Waals surface area contributed by atoms with Crippen LogP contribution >= 0.6 is 0 Å². The molecule has 1 aromatic rings. The molecule has 9 N–H and O–H groups in total. The summed E-state index contributed by atoms with van der Waals surface area (Å²) in [5.41, 5.74) is 7.03. The van der Waals surface area contributed by atoms with E-state index < -0.39 is 55.3 Å². The van der Waals surface area contributed by atoms with Gasteiger partial charge in [-0.1, -0.05) is 0 Å². The van der Waals surface area contributed by atoms with Crippen molar-refractivity contribution in [3.63, 3.8) is 0 Å². The maximum Gasteiger partial charge on any atom is 0.326 e. The molecule has 1 unspecified atom stereocenters. The molecule has 0 fully saturated rings. The highest BCUT2D eigenvalue weighted by molar-refractivity contribution is 5.94. The van der Waals surface area contributed by atoms with Gasteiger partial charge in [0.05, 0.1) is 12.4 Å². The number of benzene rings is 1. The Hall–Kier alpha value is -4.24. The molecule has 0 radical (unpaired) electrons. The third-order valence-corrected chi connectivity index (χ3v) is 5.05. The van der Waals surface area contributed by atoms with Crippen molar-refractivity contribution < 1.29 is 43.8 Å². The third-order valence-electron chi connectivity index (χ3n) is 5.05. The number of carbonyl (C=O) groups excluding carboxylic acids is 3. The average Bonchev–Trinajstić information content (AvgIpc) is 2.87. The third kappa shape index (κ3) is 12.1. The van der Waals surface area contributed by atoms with Crippen LogP contribution in [0.5, 0.6) is 0 Å². The summed E-state index contributed by atoms with van der Waals surface area (Å²) < 4.78 is 12.2. The summed E-state index contributed by atoms with van der Waals surface area (Å²) in [4.78, 5) is 57.9. The normalized spacial score (nSPS) is 11.8. The molecule has 0 aliphatic rings. The Bertz CT molecular complexity index is 1000. The van der Waals surface area contributed by atoms with Gasteiger partial charge in [0, 0.05) is 36.8 Å². The molecule has 0 bridgehead atoms. The zero-order valence-corrected chi connectivity index (χ0v) is 20.6. The van der Waals surface area contributed by atoms with Crippen molar-refractivity contribution in [3.05, 3.63) is 41.7 Å². The van der Waals surface area contributed by atoms with Gasteiger partial charge < -0.3 is 26.6 Å². The number of allylic oxidation sites excluding steroid dienone is 1. The van der Waals surface area contributed by atoms with Gasteiger partial charge in [0.2, 0.25) is 11.8 Å². The molecule has 14 nitrogen and oxygen atoms in total. The first-order valence-electron chi connectivity index (χ1n) is 11.6. The van der Waals surface area contributed by atoms with Crippen LogP contribution in [0.3, 0.4) is 0 Å². The second-order valence-electron chi connectivity index (χ2n) is 8.15. The van der Waals surface area contributed by atoms with Crippen LogP contribution < -0.4 is 27.2 Å². The molecule has 0 aliphatic heterocycles. The highest BCUT2D eigenvalue weighted by Gasteiger charge is 2.23. The number of nitrogens with one attached hydrogen (secondary N) is 2. The SMILES string of the molecule is N/C(=C\N(N)c1ccc(C(=O)NCCCC(=O)N(O)CC(=O)NC(CCC(=O)O)C(=O)O)cc1)CCCF. The molecule has 0 heterocycles. The number of anilines is 1. The van der Waals surface area contributed by atoms with Crippen molar-refractivity contribution >= 4 is 35.3 Å². The van der Waals surface area contributed by atoms with Crippen molar-refractivity contribution in [2.45, 2.75) is 44.6 Å². The number of hydrazine groups is 1. The monoisotopic (exact) mass is 540 g/mol. The molecule has 1 rings (SSSR count). The Kier molecular flexibility index (Phi) is 13.8. The van der Waals surface area contributed by atoms with Crippen LogP contribution in [0.2, 0.25) is 0 Å². The van der Waals surface area contributed by atoms with Gasteiger partial charge in [-0.3, -0.25) is 33.8 Å². The molecule has 0 saturated heterocycles. The topological polar surface area (TPSA) is 229 Å². The van der Waals surface area contributed by atoms with Gasteiger partial charge in [-0.25, -0.2) is 15.7 Å². The lowest BCUT2D eigenvalue weighted by Gasteiger charge is -2.17. The van der Waals surface area contributed by atoms with Gasteiger partial charge in [0.15, 0.2) is 0 Å². The van der Waals surface area contributed by atoms with Crippen molar-refractivity contribution in [3.8, 4) is 0 Å². The molecule has 1 atom stereocenters. The number of alkyl halides is 1. The minimum absolute atomic E-state index is 0.0828. The number of nitrogens with zero attached hydrogens (tertiary/aromatic N) is 2. The van der Waals surface area contributed by atoms with Crippen molar-refractivity contribution in [1.82, 2.24) is 15.7 Å². The zero-order valence-electron chi connectivity index (χ0n) is 20.6. The van der Waals surface area contributed by atoms with Crippen LogP contribution in [-0.4, -0.2) is 75.9 Å². The lowest BCUT2D eigenvalue weighted by molar-refractivity contribution is -0.169. The summed E-state index contributed by atoms with van der Waals surface area (Å²) >= 11 is 0. The fraction of sp³-hybridized carbons (Fsp3) is 0.435. The van der Waals surface area contributed by atoms with E-state index in [0.29, 0.717) is 23.4 Å². The smallest absolute Gasteiger partial charge is 0.326 e. The Morgan fingerprint density at radius 1 is 1.03 bits per heavy atom. The van der Waals surface area contributed by atoms with Gasteiger partial charge in [0.1, 0.15) is 12.6 Å². The standard InChI is InChI=1S/C23H33FN6O8/c24-11-1-3-16(25)13-29(26)17-7-5-15(6-8-17)22(35)27-12-2-4-20(32)30(38)14-19(31)28-18(23(36)37)9-10-21(33)34/h5-8,13,18,38H,1-4,9-12,14,25-26H2,(H,27,35)(H,28,31)(H,33,34)(H,36,37)/b16-13-. The van der Waals surface area contributed by atoms with Gasteiger partial charge in [-0.15, -0.1) is 0 Å². The van der Waals surface area contributed by atoms with Gasteiger partial charge in [0.25, 0.3) is 5.91 Å². The summed E-state index contributed by atoms with van der Waals surface area (Å²) in [7, 11) is 0. The predicted molar refractivity (Wildman–Crippen MR) is 132 cm³/mol. The summed E-state index contributed by atoms with van der Waals surface area (Å²) in [6, 6.07) is 4.74. The number of carboxylic acid groups (broad SMARTS) is 2. The second kappa shape index (κ2) is 16.5. The fourth-order valence-electron chi connectivity index (χ4n) is 3.04. The first-order valence-corrected chi connectivity index (χ1v) is 11.6. The Balaban J connectivity index is 2.43. The second-order valence-corrected chi connectivity index (χ2v) is 8.15. The fourth-order valence-corrected chi connectivity index (χ4v) is 3.04. The highest BCUT2D eigenvalue weighted by atomic mass is 19.1. The summed E-state index contributed by atoms with van der Waals surface area (Å²) in [6.07, 6.45) is 1.16. The van der Waals surface area contributed by atoms with E-state index in [9.17, 15) is 33.6 Å². The molecule has 15 heteroatoms. The van der Waals surface area contributed by atoms with Crippen molar-refractivity contribution in [1.29, 1.82) is 0 Å². The minimum atomic E-state index is -1.48. The minimum Gasteiger partial charge on any atom is -0.481 e. The summed E-state index contributed by atoms with van der Waals surface area (Å²) in [5, 5.41) is 33.4. The molecule has 3 amide bonds. The number of hydrogen-bond donors (Lipinski definition) is 7. The molecule has 0 saturated carbocycles. The molecule has 0 spiro atoms. The largest absolute Gasteiger partial charge is 0.481 e. The first-order chi connectivity index (χ1) is 17.9. The quantitative estimate of drug-likeness (QED) is 0.0605. The van der Waals surface area contributed by atoms with E-state index in [1.807, 2.05) is 5.32 Å². The lowest BCUT2D eigenvalue weighted by Crippen LogP contribution is -2.46. The predicted octanol–water partition coefficient (Wildman–Crippen LogP) is 0.0785. The average molecular weight is 541 g/mol. The molecule has 0 aliphatic carbocycles. The number of halogens is 1. The van der Waals surface area contributed by atoms with E-state index in [1.54, 1.807) is 12.1 Å². The number of carbonyl (C=O) groups is 5. The van der Waals surface area contributed by atoms with E-state index in [0.717, 1.165) is 0 Å². The first kappa shape index (κ1) is 31.8. The van der Waals surface area contributed by atoms with Gasteiger partial charge in [-0.2, -0.15) is 0 Å². The number of nitrogens with two attached hydrogens (primary N) is 2. The van der Waals surface area contributed by atoms with Crippen LogP contribution in [0.4, 0.5) is 10.1 Å². The van der Waals surface area contributed by atoms with Crippen molar-refractivity contribution in [2.75, 3.05) is 24.8 Å². The molecule has 210 valence electrons. The zero-order chi connectivity index (χ0) is 28.7. The number of aliphatic carboxylic acids is 2. The Morgan fingerprint density at radius 2 is 1.68 bits per heavy atom. The Labute approximate surface area is 218 Å². The van der Waals surface area contributed by atoms with E-state index in [2.05, 4.69) is 5.32 Å². The number of carboxylic acids is 2. The maximum absolute atomic E-state index is 12.3. The molecule has 1 aromatic carbocycles. The summed E-state index contributed by atoms with van der Waals surface area (Å²) in [5.74, 6) is 0.958. The van der Waals surface area contributed by atoms with E-state index in [4.69, 9.17) is 21.8 Å². The molecule has 38 heavy (non-hydrogen) atoms. The van der Waals surface area contributed by atoms with E-state index >= 15 is 0 Å². The van der Waals surface area contributed by atoms with Gasteiger partial charge >= 0.3 is 11.9 Å². The molecule has 0 aromatic heterocycles. The van der Waals surface area contributed by atoms with Crippen LogP contribution in [0.25, 0.3) is 0 Å². The number of hydroxylamine groups is 2. The Morgan fingerprint density at radius 3 is 2.26 bits per heavy atom. The summed E-state index contributed by atoms with van der Waals surface area (Å²) in [6.45, 7) is -1.25. The van der Waals surface area contributed by atoms with Gasteiger partial charge in [-0.05, 0) is 49.9 Å². The van der Waals surface area contributed by atoms with E-state index in [1.165, 1.54) is 23.3 Å². The van der Waals surface area contributed by atoms with Crippen LogP contribution in [0.15, 0.2) is 36.2 Å². The molecular weight excluding hydrogens is 507 g/mol. The number of rotatable bonds is 17. The highest BCUT2D eigenvalue weighted by Crippen LogP contribution is 2.14. The number of amides is 3. The molecular formula is C23H33FN6O8. The van der Waals surface area contributed by atoms with Crippen molar-refractivity contribution in [2.24, 2.45) is 11.6 Å². The maximum atomic E-state index is 12.3.